The highest BCUT2D eigenvalue weighted by Gasteiger charge is 2.66. The predicted octanol–water partition coefficient (Wildman–Crippen LogP) is 1.64. The van der Waals surface area contributed by atoms with Gasteiger partial charge < -0.3 is 10.1 Å². The molecule has 0 unspecified atom stereocenters. The molecule has 126 valence electrons. The Morgan fingerprint density at radius 3 is 2.87 bits per heavy atom. The second kappa shape index (κ2) is 5.55. The smallest absolute Gasteiger partial charge is 0.240 e. The fraction of sp³-hybridized carbons (Fsp3) is 0.647. The van der Waals surface area contributed by atoms with Crippen molar-refractivity contribution < 1.29 is 13.2 Å². The van der Waals surface area contributed by atoms with Gasteiger partial charge in [0.2, 0.25) is 10.0 Å². The van der Waals surface area contributed by atoms with Crippen LogP contribution < -0.4 is 10.0 Å². The molecule has 1 saturated heterocycles. The maximum atomic E-state index is 11.9. The van der Waals surface area contributed by atoms with Crippen LogP contribution in [0.1, 0.15) is 31.2 Å². The minimum absolute atomic E-state index is 0.327. The standard InChI is InChI=1S/C17H24N2O3S/c1-18-23(20,21)13-5-2-4-12(10-13)11-19-15-14-6-9-22-16(14)17(15)7-3-8-17/h2,4-5,10,14-16,18-19H,3,6-9,11H2,1H3/t14-,15-,16+/m1/s1. The number of rotatable bonds is 5. The molecule has 23 heavy (non-hydrogen) atoms. The van der Waals surface area contributed by atoms with Gasteiger partial charge in [-0.05, 0) is 44.0 Å². The van der Waals surface area contributed by atoms with Crippen LogP contribution in [0.3, 0.4) is 0 Å². The van der Waals surface area contributed by atoms with Gasteiger partial charge in [0.1, 0.15) is 0 Å². The molecule has 0 aromatic heterocycles. The first-order chi connectivity index (χ1) is 11.1. The van der Waals surface area contributed by atoms with Crippen molar-refractivity contribution in [3.05, 3.63) is 29.8 Å². The Labute approximate surface area is 137 Å². The number of hydrogen-bond acceptors (Lipinski definition) is 4. The molecule has 1 spiro atoms. The zero-order valence-corrected chi connectivity index (χ0v) is 14.2. The van der Waals surface area contributed by atoms with E-state index in [4.69, 9.17) is 4.74 Å². The summed E-state index contributed by atoms with van der Waals surface area (Å²) in [4.78, 5) is 0.327. The van der Waals surface area contributed by atoms with E-state index in [0.717, 1.165) is 18.6 Å². The van der Waals surface area contributed by atoms with Gasteiger partial charge in [0.25, 0.3) is 0 Å². The van der Waals surface area contributed by atoms with Crippen molar-refractivity contribution in [3.63, 3.8) is 0 Å². The summed E-state index contributed by atoms with van der Waals surface area (Å²) in [5.41, 5.74) is 1.37. The zero-order chi connectivity index (χ0) is 16.1. The fourth-order valence-electron chi connectivity index (χ4n) is 4.73. The fourth-order valence-corrected chi connectivity index (χ4v) is 5.53. The van der Waals surface area contributed by atoms with Crippen LogP contribution in [0.25, 0.3) is 0 Å². The average Bonchev–Trinajstić information content (AvgIpc) is 2.91. The summed E-state index contributed by atoms with van der Waals surface area (Å²) >= 11 is 0. The van der Waals surface area contributed by atoms with E-state index in [-0.39, 0.29) is 0 Å². The molecular weight excluding hydrogens is 312 g/mol. The lowest BCUT2D eigenvalue weighted by molar-refractivity contribution is -0.176. The van der Waals surface area contributed by atoms with E-state index >= 15 is 0 Å². The largest absolute Gasteiger partial charge is 0.377 e. The molecule has 4 rings (SSSR count). The Kier molecular flexibility index (Phi) is 3.76. The summed E-state index contributed by atoms with van der Waals surface area (Å²) in [6.07, 6.45) is 5.45. The third-order valence-corrected chi connectivity index (χ3v) is 7.45. The van der Waals surface area contributed by atoms with Crippen LogP contribution >= 0.6 is 0 Å². The quantitative estimate of drug-likeness (QED) is 0.858. The number of nitrogens with one attached hydrogen (secondary N) is 2. The van der Waals surface area contributed by atoms with Gasteiger partial charge in [0.05, 0.1) is 11.0 Å². The molecule has 2 saturated carbocycles. The lowest BCUT2D eigenvalue weighted by Gasteiger charge is -2.63. The molecule has 0 amide bonds. The van der Waals surface area contributed by atoms with E-state index in [1.165, 1.54) is 26.3 Å². The molecule has 1 aromatic rings. The van der Waals surface area contributed by atoms with Gasteiger partial charge in [-0.15, -0.1) is 0 Å². The summed E-state index contributed by atoms with van der Waals surface area (Å²) < 4.78 is 32.1. The summed E-state index contributed by atoms with van der Waals surface area (Å²) in [6, 6.07) is 7.70. The van der Waals surface area contributed by atoms with Crippen LogP contribution in [0.4, 0.5) is 0 Å². The minimum Gasteiger partial charge on any atom is -0.377 e. The SMILES string of the molecule is CNS(=O)(=O)c1cccc(CN[C@@H]2[C@H]3CCO[C@@H]3C23CCC3)c1. The molecule has 3 fully saturated rings. The third kappa shape index (κ3) is 2.35. The molecule has 0 bridgehead atoms. The maximum absolute atomic E-state index is 11.9. The molecule has 6 heteroatoms. The lowest BCUT2D eigenvalue weighted by Crippen LogP contribution is -2.70. The van der Waals surface area contributed by atoms with Crippen molar-refractivity contribution in [2.75, 3.05) is 13.7 Å². The molecule has 2 N–H and O–H groups in total. The molecule has 2 aliphatic carbocycles. The van der Waals surface area contributed by atoms with Crippen molar-refractivity contribution >= 4 is 10.0 Å². The van der Waals surface area contributed by atoms with Crippen LogP contribution in [-0.2, 0) is 21.3 Å². The lowest BCUT2D eigenvalue weighted by atomic mass is 9.46. The Morgan fingerprint density at radius 2 is 2.17 bits per heavy atom. The molecule has 5 nitrogen and oxygen atoms in total. The topological polar surface area (TPSA) is 67.4 Å². The first-order valence-electron chi connectivity index (χ1n) is 8.44. The first kappa shape index (κ1) is 15.6. The molecule has 1 heterocycles. The van der Waals surface area contributed by atoms with E-state index in [9.17, 15) is 8.42 Å². The van der Waals surface area contributed by atoms with Crippen molar-refractivity contribution in [3.8, 4) is 0 Å². The van der Waals surface area contributed by atoms with Crippen molar-refractivity contribution in [1.82, 2.24) is 10.0 Å². The maximum Gasteiger partial charge on any atom is 0.240 e. The van der Waals surface area contributed by atoms with Gasteiger partial charge in [-0.3, -0.25) is 0 Å². The highest BCUT2D eigenvalue weighted by molar-refractivity contribution is 7.89. The Morgan fingerprint density at radius 1 is 1.35 bits per heavy atom. The summed E-state index contributed by atoms with van der Waals surface area (Å²) in [5, 5.41) is 3.70. The van der Waals surface area contributed by atoms with Crippen molar-refractivity contribution in [2.24, 2.45) is 11.3 Å². The Hall–Kier alpha value is -0.950. The number of ether oxygens (including phenoxy) is 1. The van der Waals surface area contributed by atoms with Gasteiger partial charge >= 0.3 is 0 Å². The highest BCUT2D eigenvalue weighted by Crippen LogP contribution is 2.62. The number of benzene rings is 1. The number of sulfonamides is 1. The highest BCUT2D eigenvalue weighted by atomic mass is 32.2. The Bertz CT molecular complexity index is 700. The average molecular weight is 336 g/mol. The van der Waals surface area contributed by atoms with Gasteiger partial charge in [-0.25, -0.2) is 13.1 Å². The van der Waals surface area contributed by atoms with Crippen LogP contribution in [0.2, 0.25) is 0 Å². The van der Waals surface area contributed by atoms with E-state index in [2.05, 4.69) is 10.0 Å². The summed E-state index contributed by atoms with van der Waals surface area (Å²) in [7, 11) is -1.94. The summed E-state index contributed by atoms with van der Waals surface area (Å²) in [5.74, 6) is 0.638. The van der Waals surface area contributed by atoms with Gasteiger partial charge in [-0.1, -0.05) is 18.6 Å². The van der Waals surface area contributed by atoms with E-state index in [1.807, 2.05) is 12.1 Å². The van der Waals surface area contributed by atoms with Crippen molar-refractivity contribution in [1.29, 1.82) is 0 Å². The molecule has 1 aromatic carbocycles. The van der Waals surface area contributed by atoms with Crippen LogP contribution in [-0.4, -0.2) is 34.2 Å². The second-order valence-electron chi connectivity index (χ2n) is 7.04. The Balaban J connectivity index is 1.46. The predicted molar refractivity (Wildman–Crippen MR) is 87.4 cm³/mol. The zero-order valence-electron chi connectivity index (χ0n) is 13.4. The number of fused-ring (bicyclic) bond motifs is 2. The molecule has 0 radical (unpaired) electrons. The normalized spacial score (nSPS) is 31.4. The van der Waals surface area contributed by atoms with E-state index in [0.29, 0.717) is 34.9 Å². The van der Waals surface area contributed by atoms with Gasteiger partial charge in [0, 0.05) is 30.5 Å². The van der Waals surface area contributed by atoms with Crippen LogP contribution in [0, 0.1) is 11.3 Å². The monoisotopic (exact) mass is 336 g/mol. The van der Waals surface area contributed by atoms with Crippen molar-refractivity contribution in [2.45, 2.75) is 49.3 Å². The van der Waals surface area contributed by atoms with E-state index < -0.39 is 10.0 Å². The van der Waals surface area contributed by atoms with Crippen LogP contribution in [0.15, 0.2) is 29.2 Å². The minimum atomic E-state index is -3.38. The third-order valence-electron chi connectivity index (χ3n) is 6.04. The van der Waals surface area contributed by atoms with Crippen LogP contribution in [0.5, 0.6) is 0 Å². The first-order valence-corrected chi connectivity index (χ1v) is 9.93. The van der Waals surface area contributed by atoms with Gasteiger partial charge in [0.15, 0.2) is 0 Å². The second-order valence-corrected chi connectivity index (χ2v) is 8.93. The number of hydrogen-bond donors (Lipinski definition) is 2. The van der Waals surface area contributed by atoms with Gasteiger partial charge in [-0.2, -0.15) is 0 Å². The molecule has 3 atom stereocenters. The summed E-state index contributed by atoms with van der Waals surface area (Å²) in [6.45, 7) is 1.61. The molecule has 3 aliphatic rings. The van der Waals surface area contributed by atoms with E-state index in [1.54, 1.807) is 12.1 Å². The molecule has 1 aliphatic heterocycles. The molecular formula is C17H24N2O3S.